The Morgan fingerprint density at radius 3 is 2.32 bits per heavy atom. The van der Waals surface area contributed by atoms with E-state index in [1.807, 2.05) is 6.07 Å². The summed E-state index contributed by atoms with van der Waals surface area (Å²) < 4.78 is 23.0. The second-order valence-electron chi connectivity index (χ2n) is 7.31. The van der Waals surface area contributed by atoms with Crippen LogP contribution in [-0.4, -0.2) is 68.2 Å². The fraction of sp³-hybridized carbons (Fsp3) is 0.526. The van der Waals surface area contributed by atoms with Crippen LogP contribution in [0, 0.1) is 5.92 Å². The molecule has 9 heteroatoms. The Morgan fingerprint density at radius 1 is 1.04 bits per heavy atom. The molecule has 2 aliphatic rings. The van der Waals surface area contributed by atoms with Crippen LogP contribution in [0.3, 0.4) is 0 Å². The molecule has 3 rings (SSSR count). The summed E-state index contributed by atoms with van der Waals surface area (Å²) in [6, 6.07) is 8.39. The highest BCUT2D eigenvalue weighted by molar-refractivity contribution is 7.91. The van der Waals surface area contributed by atoms with Gasteiger partial charge in [-0.05, 0) is 31.4 Å². The van der Waals surface area contributed by atoms with Gasteiger partial charge in [-0.1, -0.05) is 18.2 Å². The zero-order chi connectivity index (χ0) is 20.1. The summed E-state index contributed by atoms with van der Waals surface area (Å²) in [5, 5.41) is 5.45. The lowest BCUT2D eigenvalue weighted by Crippen LogP contribution is -2.47. The van der Waals surface area contributed by atoms with Crippen molar-refractivity contribution >= 4 is 27.6 Å². The van der Waals surface area contributed by atoms with E-state index in [0.29, 0.717) is 37.9 Å². The molecule has 0 radical (unpaired) electrons. The highest BCUT2D eigenvalue weighted by Crippen LogP contribution is 2.19. The molecule has 0 aromatic heterocycles. The van der Waals surface area contributed by atoms with E-state index in [9.17, 15) is 22.8 Å². The minimum atomic E-state index is -3.03. The Balaban J connectivity index is 1.40. The van der Waals surface area contributed by atoms with E-state index in [2.05, 4.69) is 10.6 Å². The van der Waals surface area contributed by atoms with Crippen molar-refractivity contribution in [3.05, 3.63) is 35.9 Å². The van der Waals surface area contributed by atoms with Gasteiger partial charge in [0.05, 0.1) is 18.1 Å². The first-order chi connectivity index (χ1) is 13.3. The Bertz CT molecular complexity index is 832. The average molecular weight is 407 g/mol. The summed E-state index contributed by atoms with van der Waals surface area (Å²) in [5.74, 6) is -0.686. The predicted octanol–water partition coefficient (Wildman–Crippen LogP) is -0.0417. The number of sulfone groups is 1. The molecule has 2 aliphatic heterocycles. The molecule has 1 aromatic rings. The smallest absolute Gasteiger partial charge is 0.251 e. The highest BCUT2D eigenvalue weighted by Gasteiger charge is 2.32. The van der Waals surface area contributed by atoms with Crippen LogP contribution in [0.1, 0.15) is 29.6 Å². The van der Waals surface area contributed by atoms with Crippen LogP contribution in [-0.2, 0) is 19.4 Å². The molecule has 0 bridgehead atoms. The second kappa shape index (κ2) is 8.72. The number of rotatable bonds is 5. The number of piperidine rings is 1. The summed E-state index contributed by atoms with van der Waals surface area (Å²) in [7, 11) is -3.03. The molecule has 3 amide bonds. The Hall–Kier alpha value is -2.42. The summed E-state index contributed by atoms with van der Waals surface area (Å²) in [5.41, 5.74) is 0.500. The third kappa shape index (κ3) is 5.31. The van der Waals surface area contributed by atoms with Crippen molar-refractivity contribution in [3.63, 3.8) is 0 Å². The van der Waals surface area contributed by atoms with Gasteiger partial charge in [-0.2, -0.15) is 0 Å². The molecule has 0 aliphatic carbocycles. The summed E-state index contributed by atoms with van der Waals surface area (Å²) in [6.45, 7) is 0.812. The first-order valence-electron chi connectivity index (χ1n) is 9.46. The van der Waals surface area contributed by atoms with Crippen LogP contribution in [0.5, 0.6) is 0 Å². The fourth-order valence-corrected chi connectivity index (χ4v) is 5.25. The molecule has 0 spiro atoms. The molecule has 1 atom stereocenters. The van der Waals surface area contributed by atoms with Gasteiger partial charge in [-0.3, -0.25) is 14.4 Å². The average Bonchev–Trinajstić information content (AvgIpc) is 3.04. The topological polar surface area (TPSA) is 113 Å². The minimum absolute atomic E-state index is 0.0111. The number of nitrogens with zero attached hydrogens (tertiary/aromatic N) is 1. The number of amides is 3. The minimum Gasteiger partial charge on any atom is -0.352 e. The summed E-state index contributed by atoms with van der Waals surface area (Å²) in [4.78, 5) is 38.3. The van der Waals surface area contributed by atoms with Crippen molar-refractivity contribution in [1.82, 2.24) is 15.5 Å². The first kappa shape index (κ1) is 20.3. The molecule has 2 heterocycles. The molecular weight excluding hydrogens is 382 g/mol. The van der Waals surface area contributed by atoms with Crippen LogP contribution >= 0.6 is 0 Å². The predicted molar refractivity (Wildman–Crippen MR) is 103 cm³/mol. The largest absolute Gasteiger partial charge is 0.352 e. The molecule has 2 fully saturated rings. The quantitative estimate of drug-likeness (QED) is 0.711. The van der Waals surface area contributed by atoms with E-state index in [0.717, 1.165) is 0 Å². The zero-order valence-electron chi connectivity index (χ0n) is 15.6. The monoisotopic (exact) mass is 407 g/mol. The van der Waals surface area contributed by atoms with E-state index >= 15 is 0 Å². The highest BCUT2D eigenvalue weighted by atomic mass is 32.2. The number of carbonyl (C=O) groups is 3. The SMILES string of the molecule is O=C(NCC(=O)N1CCC(C(=O)NC2CCS(=O)(=O)C2)CC1)c1ccccc1. The lowest BCUT2D eigenvalue weighted by atomic mass is 9.95. The van der Waals surface area contributed by atoms with Gasteiger partial charge >= 0.3 is 0 Å². The van der Waals surface area contributed by atoms with Crippen molar-refractivity contribution < 1.29 is 22.8 Å². The van der Waals surface area contributed by atoms with Crippen LogP contribution in [0.2, 0.25) is 0 Å². The van der Waals surface area contributed by atoms with Gasteiger partial charge < -0.3 is 15.5 Å². The summed E-state index contributed by atoms with van der Waals surface area (Å²) in [6.07, 6.45) is 1.53. The number of hydrogen-bond acceptors (Lipinski definition) is 5. The van der Waals surface area contributed by atoms with E-state index in [1.54, 1.807) is 29.2 Å². The van der Waals surface area contributed by atoms with Crippen LogP contribution in [0.4, 0.5) is 0 Å². The van der Waals surface area contributed by atoms with E-state index < -0.39 is 9.84 Å². The van der Waals surface area contributed by atoms with Crippen molar-refractivity contribution in [2.75, 3.05) is 31.1 Å². The lowest BCUT2D eigenvalue weighted by Gasteiger charge is -2.32. The number of hydrogen-bond donors (Lipinski definition) is 2. The molecular formula is C19H25N3O5S. The standard InChI is InChI=1S/C19H25N3O5S/c23-17(12-20-18(24)14-4-2-1-3-5-14)22-9-6-15(7-10-22)19(25)21-16-8-11-28(26,27)13-16/h1-5,15-16H,6-13H2,(H,20,24)(H,21,25). The third-order valence-electron chi connectivity index (χ3n) is 5.23. The van der Waals surface area contributed by atoms with Crippen LogP contribution in [0.15, 0.2) is 30.3 Å². The fourth-order valence-electron chi connectivity index (χ4n) is 3.58. The van der Waals surface area contributed by atoms with E-state index in [1.165, 1.54) is 0 Å². The molecule has 0 saturated carbocycles. The van der Waals surface area contributed by atoms with Gasteiger partial charge in [0, 0.05) is 30.6 Å². The van der Waals surface area contributed by atoms with Crippen molar-refractivity contribution in [1.29, 1.82) is 0 Å². The number of benzene rings is 1. The third-order valence-corrected chi connectivity index (χ3v) is 7.00. The number of carbonyl (C=O) groups excluding carboxylic acids is 3. The van der Waals surface area contributed by atoms with E-state index in [-0.39, 0.29) is 47.7 Å². The lowest BCUT2D eigenvalue weighted by molar-refractivity contribution is -0.135. The number of nitrogens with one attached hydrogen (secondary N) is 2. The van der Waals surface area contributed by atoms with Gasteiger partial charge in [0.2, 0.25) is 11.8 Å². The van der Waals surface area contributed by atoms with Gasteiger partial charge in [0.25, 0.3) is 5.91 Å². The van der Waals surface area contributed by atoms with E-state index in [4.69, 9.17) is 0 Å². The molecule has 28 heavy (non-hydrogen) atoms. The molecule has 2 N–H and O–H groups in total. The Morgan fingerprint density at radius 2 is 1.71 bits per heavy atom. The van der Waals surface area contributed by atoms with Crippen molar-refractivity contribution in [2.24, 2.45) is 5.92 Å². The maximum absolute atomic E-state index is 12.3. The molecule has 2 saturated heterocycles. The molecule has 8 nitrogen and oxygen atoms in total. The summed E-state index contributed by atoms with van der Waals surface area (Å²) >= 11 is 0. The van der Waals surface area contributed by atoms with Gasteiger partial charge in [-0.25, -0.2) is 8.42 Å². The second-order valence-corrected chi connectivity index (χ2v) is 9.54. The first-order valence-corrected chi connectivity index (χ1v) is 11.3. The molecule has 1 unspecified atom stereocenters. The van der Waals surface area contributed by atoms with Crippen molar-refractivity contribution in [3.8, 4) is 0 Å². The maximum Gasteiger partial charge on any atom is 0.251 e. The van der Waals surface area contributed by atoms with Crippen LogP contribution < -0.4 is 10.6 Å². The Kier molecular flexibility index (Phi) is 6.33. The Labute approximate surface area is 164 Å². The molecule has 152 valence electrons. The normalized spacial score (nSPS) is 21.9. The van der Waals surface area contributed by atoms with Crippen LogP contribution in [0.25, 0.3) is 0 Å². The van der Waals surface area contributed by atoms with Gasteiger partial charge in [0.15, 0.2) is 9.84 Å². The van der Waals surface area contributed by atoms with Crippen molar-refractivity contribution in [2.45, 2.75) is 25.3 Å². The zero-order valence-corrected chi connectivity index (χ0v) is 16.4. The van der Waals surface area contributed by atoms with Gasteiger partial charge in [0.1, 0.15) is 0 Å². The molecule has 1 aromatic carbocycles. The number of likely N-dealkylation sites (tertiary alicyclic amines) is 1. The van der Waals surface area contributed by atoms with Gasteiger partial charge in [-0.15, -0.1) is 0 Å². The maximum atomic E-state index is 12.3.